The number of piperidine rings is 1. The summed E-state index contributed by atoms with van der Waals surface area (Å²) in [5.74, 6) is -0.645. The smallest absolute Gasteiger partial charge is 0.303 e. The summed E-state index contributed by atoms with van der Waals surface area (Å²) in [4.78, 5) is 23.7. The van der Waals surface area contributed by atoms with Gasteiger partial charge in [-0.25, -0.2) is 0 Å². The van der Waals surface area contributed by atoms with Gasteiger partial charge in [0.05, 0.1) is 0 Å². The molecule has 0 bridgehead atoms. The number of likely N-dealkylation sites (tertiary alicyclic amines) is 1. The minimum absolute atomic E-state index is 0.0575. The Hall–Kier alpha value is -1.10. The molecule has 1 aliphatic heterocycles. The van der Waals surface area contributed by atoms with Crippen molar-refractivity contribution in [2.24, 2.45) is 0 Å². The van der Waals surface area contributed by atoms with Crippen LogP contribution in [-0.4, -0.2) is 47.6 Å². The maximum Gasteiger partial charge on any atom is 0.303 e. The number of hydrogen-bond donors (Lipinski definition) is 2. The highest BCUT2D eigenvalue weighted by molar-refractivity contribution is 5.73. The predicted octanol–water partition coefficient (Wildman–Crippen LogP) is 1.23. The summed E-state index contributed by atoms with van der Waals surface area (Å²) >= 11 is 0. The minimum Gasteiger partial charge on any atom is -0.481 e. The van der Waals surface area contributed by atoms with Crippen LogP contribution in [0, 0.1) is 0 Å². The minimum atomic E-state index is -0.703. The van der Waals surface area contributed by atoms with E-state index in [1.807, 2.05) is 0 Å². The molecule has 0 radical (unpaired) electrons. The fourth-order valence-electron chi connectivity index (χ4n) is 2.38. The first-order valence-corrected chi connectivity index (χ1v) is 6.79. The summed E-state index contributed by atoms with van der Waals surface area (Å²) in [7, 11) is 0. The van der Waals surface area contributed by atoms with Crippen LogP contribution in [0.2, 0.25) is 0 Å². The third kappa shape index (κ3) is 6.59. The number of carboxylic acids is 1. The van der Waals surface area contributed by atoms with E-state index in [9.17, 15) is 9.59 Å². The second kappa shape index (κ2) is 8.08. The number of unbranched alkanes of at least 4 members (excludes halogenated alkanes) is 2. The molecule has 0 aromatic rings. The largest absolute Gasteiger partial charge is 0.481 e. The Morgan fingerprint density at radius 2 is 1.89 bits per heavy atom. The number of nitrogens with zero attached hydrogens (tertiary/aromatic N) is 1. The Labute approximate surface area is 109 Å². The maximum atomic E-state index is 10.9. The summed E-state index contributed by atoms with van der Waals surface area (Å²) in [6.45, 7) is 4.68. The van der Waals surface area contributed by atoms with E-state index in [-0.39, 0.29) is 12.3 Å². The van der Waals surface area contributed by atoms with Crippen molar-refractivity contribution in [2.75, 3.05) is 19.6 Å². The van der Waals surface area contributed by atoms with Crippen molar-refractivity contribution < 1.29 is 14.7 Å². The second-order valence-electron chi connectivity index (χ2n) is 5.02. The van der Waals surface area contributed by atoms with Gasteiger partial charge in [-0.05, 0) is 32.2 Å². The van der Waals surface area contributed by atoms with Gasteiger partial charge in [-0.15, -0.1) is 0 Å². The number of carboxylic acid groups (broad SMARTS) is 1. The number of aliphatic carboxylic acids is 1. The zero-order valence-corrected chi connectivity index (χ0v) is 11.2. The molecule has 1 fully saturated rings. The third-order valence-electron chi connectivity index (χ3n) is 3.36. The van der Waals surface area contributed by atoms with Crippen LogP contribution < -0.4 is 5.32 Å². The van der Waals surface area contributed by atoms with Gasteiger partial charge in [0.1, 0.15) is 0 Å². The molecule has 1 amide bonds. The number of rotatable bonds is 7. The van der Waals surface area contributed by atoms with Gasteiger partial charge in [0.25, 0.3) is 0 Å². The normalized spacial score (nSPS) is 17.6. The number of hydrogen-bond acceptors (Lipinski definition) is 3. The van der Waals surface area contributed by atoms with Crippen LogP contribution >= 0.6 is 0 Å². The van der Waals surface area contributed by atoms with Crippen molar-refractivity contribution in [3.63, 3.8) is 0 Å². The molecule has 0 aliphatic carbocycles. The third-order valence-corrected chi connectivity index (χ3v) is 3.36. The molecule has 1 saturated heterocycles. The Kier molecular flexibility index (Phi) is 6.72. The molecule has 0 aromatic heterocycles. The highest BCUT2D eigenvalue weighted by Gasteiger charge is 2.18. The van der Waals surface area contributed by atoms with Crippen molar-refractivity contribution in [3.8, 4) is 0 Å². The molecule has 0 spiro atoms. The van der Waals surface area contributed by atoms with E-state index < -0.39 is 5.97 Å². The standard InChI is InChI=1S/C13H24N2O3/c1-11(16)14-12-6-9-15(10-7-12)8-4-2-3-5-13(17)18/h12H,2-10H2,1H3,(H,14,16)(H,17,18). The summed E-state index contributed by atoms with van der Waals surface area (Å²) in [6, 6.07) is 0.339. The zero-order chi connectivity index (χ0) is 13.4. The number of carbonyl (C=O) groups excluding carboxylic acids is 1. The number of amides is 1. The van der Waals surface area contributed by atoms with Gasteiger partial charge < -0.3 is 15.3 Å². The summed E-state index contributed by atoms with van der Waals surface area (Å²) in [5.41, 5.74) is 0. The highest BCUT2D eigenvalue weighted by Crippen LogP contribution is 2.11. The van der Waals surface area contributed by atoms with Crippen LogP contribution in [0.25, 0.3) is 0 Å². The van der Waals surface area contributed by atoms with Gasteiger partial charge in [-0.2, -0.15) is 0 Å². The summed E-state index contributed by atoms with van der Waals surface area (Å²) in [5, 5.41) is 11.5. The Morgan fingerprint density at radius 3 is 2.44 bits per heavy atom. The average molecular weight is 256 g/mol. The van der Waals surface area contributed by atoms with E-state index in [4.69, 9.17) is 5.11 Å². The van der Waals surface area contributed by atoms with E-state index in [0.29, 0.717) is 6.04 Å². The molecule has 2 N–H and O–H groups in total. The van der Waals surface area contributed by atoms with Crippen LogP contribution in [0.5, 0.6) is 0 Å². The zero-order valence-electron chi connectivity index (χ0n) is 11.2. The number of carbonyl (C=O) groups is 2. The lowest BCUT2D eigenvalue weighted by molar-refractivity contribution is -0.137. The van der Waals surface area contributed by atoms with E-state index in [2.05, 4.69) is 10.2 Å². The molecule has 0 saturated carbocycles. The van der Waals surface area contributed by atoms with Crippen molar-refractivity contribution in [1.82, 2.24) is 10.2 Å². The molecular weight excluding hydrogens is 232 g/mol. The van der Waals surface area contributed by atoms with Gasteiger partial charge in [-0.3, -0.25) is 9.59 Å². The molecule has 1 rings (SSSR count). The van der Waals surface area contributed by atoms with E-state index in [1.54, 1.807) is 6.92 Å². The highest BCUT2D eigenvalue weighted by atomic mass is 16.4. The quantitative estimate of drug-likeness (QED) is 0.672. The monoisotopic (exact) mass is 256 g/mol. The number of nitrogens with one attached hydrogen (secondary N) is 1. The Morgan fingerprint density at radius 1 is 1.22 bits per heavy atom. The first-order valence-electron chi connectivity index (χ1n) is 6.79. The van der Waals surface area contributed by atoms with Crippen molar-refractivity contribution in [2.45, 2.75) is 51.5 Å². The molecule has 0 atom stereocenters. The van der Waals surface area contributed by atoms with Crippen LogP contribution in [0.1, 0.15) is 45.4 Å². The van der Waals surface area contributed by atoms with Crippen LogP contribution in [-0.2, 0) is 9.59 Å². The van der Waals surface area contributed by atoms with Crippen LogP contribution in [0.3, 0.4) is 0 Å². The Bertz CT molecular complexity index is 273. The molecule has 5 nitrogen and oxygen atoms in total. The second-order valence-corrected chi connectivity index (χ2v) is 5.02. The summed E-state index contributed by atoms with van der Waals surface area (Å²) in [6.07, 6.45) is 5.15. The Balaban J connectivity index is 2.02. The molecule has 5 heteroatoms. The average Bonchev–Trinajstić information content (AvgIpc) is 2.30. The molecule has 0 aromatic carbocycles. The maximum absolute atomic E-state index is 10.9. The van der Waals surface area contributed by atoms with Crippen molar-refractivity contribution in [1.29, 1.82) is 0 Å². The van der Waals surface area contributed by atoms with Gasteiger partial charge in [0.2, 0.25) is 5.91 Å². The van der Waals surface area contributed by atoms with Crippen LogP contribution in [0.4, 0.5) is 0 Å². The fourth-order valence-corrected chi connectivity index (χ4v) is 2.38. The van der Waals surface area contributed by atoms with Gasteiger partial charge in [-0.1, -0.05) is 6.42 Å². The molecule has 1 heterocycles. The SMILES string of the molecule is CC(=O)NC1CCN(CCCCCC(=O)O)CC1. The van der Waals surface area contributed by atoms with Crippen molar-refractivity contribution in [3.05, 3.63) is 0 Å². The molecular formula is C13H24N2O3. The fraction of sp³-hybridized carbons (Fsp3) is 0.846. The first-order chi connectivity index (χ1) is 8.58. The molecule has 104 valence electrons. The molecule has 1 aliphatic rings. The van der Waals surface area contributed by atoms with Crippen molar-refractivity contribution >= 4 is 11.9 Å². The molecule has 18 heavy (non-hydrogen) atoms. The van der Waals surface area contributed by atoms with E-state index >= 15 is 0 Å². The predicted molar refractivity (Wildman–Crippen MR) is 69.4 cm³/mol. The van der Waals surface area contributed by atoms with Gasteiger partial charge in [0, 0.05) is 32.5 Å². The lowest BCUT2D eigenvalue weighted by Gasteiger charge is -2.32. The molecule has 0 unspecified atom stereocenters. The van der Waals surface area contributed by atoms with Gasteiger partial charge in [0.15, 0.2) is 0 Å². The first kappa shape index (κ1) is 15.0. The van der Waals surface area contributed by atoms with E-state index in [0.717, 1.165) is 51.7 Å². The summed E-state index contributed by atoms with van der Waals surface area (Å²) < 4.78 is 0. The lowest BCUT2D eigenvalue weighted by Crippen LogP contribution is -2.44. The topological polar surface area (TPSA) is 69.6 Å². The van der Waals surface area contributed by atoms with Crippen LogP contribution in [0.15, 0.2) is 0 Å². The lowest BCUT2D eigenvalue weighted by atomic mass is 10.0. The van der Waals surface area contributed by atoms with E-state index in [1.165, 1.54) is 0 Å². The van der Waals surface area contributed by atoms with Gasteiger partial charge >= 0.3 is 5.97 Å².